The highest BCUT2D eigenvalue weighted by Crippen LogP contribution is 2.31. The van der Waals surface area contributed by atoms with Crippen LogP contribution < -0.4 is 10.6 Å². The molecule has 144 valence electrons. The van der Waals surface area contributed by atoms with E-state index in [1.807, 2.05) is 0 Å². The number of alkyl halides is 3. The second-order valence-corrected chi connectivity index (χ2v) is 6.09. The summed E-state index contributed by atoms with van der Waals surface area (Å²) in [4.78, 5) is 16.6. The number of nitrogens with zero attached hydrogens (tertiary/aromatic N) is 1. The van der Waals surface area contributed by atoms with Gasteiger partial charge in [-0.25, -0.2) is 9.37 Å². The molecule has 1 heterocycles. The highest BCUT2D eigenvalue weighted by Gasteiger charge is 2.30. The average molecular weight is 410 g/mol. The Morgan fingerprint density at radius 2 is 1.79 bits per heavy atom. The molecule has 2 aromatic carbocycles. The summed E-state index contributed by atoms with van der Waals surface area (Å²) in [5.74, 6) is -1.16. The van der Waals surface area contributed by atoms with Crippen LogP contribution in [0, 0.1) is 5.82 Å². The zero-order valence-electron chi connectivity index (χ0n) is 14.0. The number of hydrogen-bond acceptors (Lipinski definition) is 3. The molecule has 0 aliphatic carbocycles. The van der Waals surface area contributed by atoms with Crippen LogP contribution in [0.2, 0.25) is 5.02 Å². The van der Waals surface area contributed by atoms with Gasteiger partial charge in [-0.05, 0) is 48.5 Å². The van der Waals surface area contributed by atoms with Crippen LogP contribution in [-0.4, -0.2) is 10.9 Å². The van der Waals surface area contributed by atoms with Gasteiger partial charge in [0.2, 0.25) is 0 Å². The van der Waals surface area contributed by atoms with Gasteiger partial charge >= 0.3 is 6.18 Å². The summed E-state index contributed by atoms with van der Waals surface area (Å²) in [6.07, 6.45) is -3.11. The molecule has 1 amide bonds. The molecule has 0 aliphatic heterocycles. The van der Waals surface area contributed by atoms with Gasteiger partial charge in [0.05, 0.1) is 16.1 Å². The molecule has 0 spiro atoms. The summed E-state index contributed by atoms with van der Waals surface area (Å²) >= 11 is 5.69. The second kappa shape index (κ2) is 7.85. The van der Waals surface area contributed by atoms with E-state index in [4.69, 9.17) is 11.6 Å². The molecule has 0 bridgehead atoms. The van der Waals surface area contributed by atoms with E-state index in [0.29, 0.717) is 0 Å². The molecule has 3 aromatic rings. The topological polar surface area (TPSA) is 54.0 Å². The Balaban J connectivity index is 1.85. The number of rotatable bonds is 4. The highest BCUT2D eigenvalue weighted by atomic mass is 35.5. The molecule has 28 heavy (non-hydrogen) atoms. The van der Waals surface area contributed by atoms with Crippen LogP contribution >= 0.6 is 11.6 Å². The number of aromatic nitrogens is 1. The summed E-state index contributed by atoms with van der Waals surface area (Å²) < 4.78 is 51.9. The van der Waals surface area contributed by atoms with Gasteiger partial charge < -0.3 is 10.6 Å². The van der Waals surface area contributed by atoms with E-state index in [0.717, 1.165) is 18.2 Å². The van der Waals surface area contributed by atoms with E-state index in [-0.39, 0.29) is 27.8 Å². The monoisotopic (exact) mass is 409 g/mol. The predicted molar refractivity (Wildman–Crippen MR) is 98.3 cm³/mol. The van der Waals surface area contributed by atoms with Crippen LogP contribution in [0.15, 0.2) is 60.8 Å². The van der Waals surface area contributed by atoms with E-state index < -0.39 is 23.5 Å². The fourth-order valence-corrected chi connectivity index (χ4v) is 2.55. The number of anilines is 3. The van der Waals surface area contributed by atoms with Crippen molar-refractivity contribution in [1.29, 1.82) is 0 Å². The van der Waals surface area contributed by atoms with E-state index in [1.54, 1.807) is 0 Å². The molecule has 0 unspecified atom stereocenters. The number of benzene rings is 2. The number of amides is 1. The van der Waals surface area contributed by atoms with Crippen LogP contribution in [0.3, 0.4) is 0 Å². The lowest BCUT2D eigenvalue weighted by Crippen LogP contribution is -2.15. The SMILES string of the molecule is O=C(Nc1ccc(F)c(Cl)c1)c1cccnc1Nc1cccc(C(F)(F)F)c1. The van der Waals surface area contributed by atoms with Crippen molar-refractivity contribution in [2.45, 2.75) is 6.18 Å². The molecule has 9 heteroatoms. The van der Waals surface area contributed by atoms with Gasteiger partial charge in [-0.2, -0.15) is 13.2 Å². The van der Waals surface area contributed by atoms with Crippen molar-refractivity contribution in [3.8, 4) is 0 Å². The lowest BCUT2D eigenvalue weighted by molar-refractivity contribution is -0.137. The van der Waals surface area contributed by atoms with Crippen molar-refractivity contribution >= 4 is 34.7 Å². The Kier molecular flexibility index (Phi) is 5.51. The van der Waals surface area contributed by atoms with Gasteiger partial charge in [0.25, 0.3) is 5.91 Å². The Labute approximate surface area is 162 Å². The molecule has 0 aliphatic rings. The smallest absolute Gasteiger partial charge is 0.340 e. The zero-order valence-corrected chi connectivity index (χ0v) is 14.8. The van der Waals surface area contributed by atoms with Crippen LogP contribution in [0.25, 0.3) is 0 Å². The fourth-order valence-electron chi connectivity index (χ4n) is 2.37. The van der Waals surface area contributed by atoms with Crippen LogP contribution in [-0.2, 0) is 6.18 Å². The molecule has 1 aromatic heterocycles. The van der Waals surface area contributed by atoms with Crippen LogP contribution in [0.5, 0.6) is 0 Å². The maximum atomic E-state index is 13.2. The maximum Gasteiger partial charge on any atom is 0.416 e. The number of nitrogens with one attached hydrogen (secondary N) is 2. The van der Waals surface area contributed by atoms with Crippen molar-refractivity contribution < 1.29 is 22.4 Å². The fraction of sp³-hybridized carbons (Fsp3) is 0.0526. The minimum absolute atomic E-state index is 0.0625. The molecule has 0 saturated heterocycles. The summed E-state index contributed by atoms with van der Waals surface area (Å²) in [6.45, 7) is 0. The Hall–Kier alpha value is -3.13. The van der Waals surface area contributed by atoms with E-state index in [2.05, 4.69) is 15.6 Å². The predicted octanol–water partition coefficient (Wildman–Crippen LogP) is 5.89. The standard InChI is InChI=1S/C19H12ClF4N3O/c20-15-10-13(6-7-16(15)21)27-18(28)14-5-2-8-25-17(14)26-12-4-1-3-11(9-12)19(22,23)24/h1-10H,(H,25,26)(H,27,28). The second-order valence-electron chi connectivity index (χ2n) is 5.69. The first-order valence-electron chi connectivity index (χ1n) is 7.90. The number of halogens is 5. The summed E-state index contributed by atoms with van der Waals surface area (Å²) in [6, 6.07) is 11.1. The van der Waals surface area contributed by atoms with Crippen LogP contribution in [0.4, 0.5) is 34.8 Å². The van der Waals surface area contributed by atoms with E-state index in [1.165, 1.54) is 42.6 Å². The lowest BCUT2D eigenvalue weighted by Gasteiger charge is -2.13. The normalized spacial score (nSPS) is 11.2. The molecule has 0 atom stereocenters. The van der Waals surface area contributed by atoms with Gasteiger partial charge in [0, 0.05) is 17.6 Å². The summed E-state index contributed by atoms with van der Waals surface area (Å²) in [5.41, 5.74) is -0.376. The lowest BCUT2D eigenvalue weighted by atomic mass is 10.1. The Morgan fingerprint density at radius 1 is 1.00 bits per heavy atom. The van der Waals surface area contributed by atoms with Gasteiger partial charge in [-0.15, -0.1) is 0 Å². The first-order chi connectivity index (χ1) is 13.2. The number of pyridine rings is 1. The van der Waals surface area contributed by atoms with E-state index >= 15 is 0 Å². The van der Waals surface area contributed by atoms with Crippen molar-refractivity contribution in [3.63, 3.8) is 0 Å². The van der Waals surface area contributed by atoms with Crippen molar-refractivity contribution in [1.82, 2.24) is 4.98 Å². The molecule has 3 rings (SSSR count). The molecule has 0 fully saturated rings. The van der Waals surface area contributed by atoms with Crippen molar-refractivity contribution in [2.24, 2.45) is 0 Å². The van der Waals surface area contributed by atoms with Gasteiger partial charge in [-0.3, -0.25) is 4.79 Å². The third-order valence-electron chi connectivity index (χ3n) is 3.68. The third-order valence-corrected chi connectivity index (χ3v) is 3.97. The highest BCUT2D eigenvalue weighted by molar-refractivity contribution is 6.31. The number of carbonyl (C=O) groups excluding carboxylic acids is 1. The molecule has 4 nitrogen and oxygen atoms in total. The summed E-state index contributed by atoms with van der Waals surface area (Å²) in [5, 5.41) is 5.09. The number of carbonyl (C=O) groups is 1. The zero-order chi connectivity index (χ0) is 20.3. The Morgan fingerprint density at radius 3 is 2.50 bits per heavy atom. The summed E-state index contributed by atoms with van der Waals surface area (Å²) in [7, 11) is 0. The van der Waals surface area contributed by atoms with E-state index in [9.17, 15) is 22.4 Å². The Bertz CT molecular complexity index is 1020. The number of hydrogen-bond donors (Lipinski definition) is 2. The molecular formula is C19H12ClF4N3O. The van der Waals surface area contributed by atoms with Crippen LogP contribution in [0.1, 0.15) is 15.9 Å². The third kappa shape index (κ3) is 4.58. The maximum absolute atomic E-state index is 13.2. The molecule has 2 N–H and O–H groups in total. The minimum Gasteiger partial charge on any atom is -0.340 e. The minimum atomic E-state index is -4.50. The van der Waals surface area contributed by atoms with Crippen molar-refractivity contribution in [3.05, 3.63) is 82.8 Å². The largest absolute Gasteiger partial charge is 0.416 e. The molecular weight excluding hydrogens is 398 g/mol. The first kappa shape index (κ1) is 19.6. The molecule has 0 saturated carbocycles. The van der Waals surface area contributed by atoms with Gasteiger partial charge in [-0.1, -0.05) is 17.7 Å². The average Bonchev–Trinajstić information content (AvgIpc) is 2.65. The quantitative estimate of drug-likeness (QED) is 0.528. The molecule has 0 radical (unpaired) electrons. The van der Waals surface area contributed by atoms with Crippen molar-refractivity contribution in [2.75, 3.05) is 10.6 Å². The first-order valence-corrected chi connectivity index (χ1v) is 8.27. The van der Waals surface area contributed by atoms with Gasteiger partial charge in [0.1, 0.15) is 11.6 Å². The van der Waals surface area contributed by atoms with Gasteiger partial charge in [0.15, 0.2) is 0 Å².